The normalized spacial score (nSPS) is 18.1. The highest BCUT2D eigenvalue weighted by atomic mass is 16.5. The molecule has 0 radical (unpaired) electrons. The number of carboxylic acid groups (broad SMARTS) is 1. The summed E-state index contributed by atoms with van der Waals surface area (Å²) in [5, 5.41) is 12.0. The first-order valence-electron chi connectivity index (χ1n) is 13.7. The summed E-state index contributed by atoms with van der Waals surface area (Å²) in [5.74, 6) is -1.22. The average molecular weight is 542 g/mol. The summed E-state index contributed by atoms with van der Waals surface area (Å²) >= 11 is 0. The molecule has 208 valence electrons. The molecule has 1 saturated heterocycles. The van der Waals surface area contributed by atoms with Crippen molar-refractivity contribution in [2.45, 2.75) is 37.3 Å². The van der Waals surface area contributed by atoms with Crippen molar-refractivity contribution >= 4 is 18.0 Å². The highest BCUT2D eigenvalue weighted by molar-refractivity contribution is 5.90. The zero-order chi connectivity index (χ0) is 28.1. The topological polar surface area (TPSA) is 99.2 Å². The molecule has 1 unspecified atom stereocenters. The van der Waals surface area contributed by atoms with Gasteiger partial charge in [-0.2, -0.15) is 0 Å². The maximum absolute atomic E-state index is 13.7. The number of carboxylic acids is 1. The van der Waals surface area contributed by atoms with Crippen LogP contribution in [-0.4, -0.2) is 71.7 Å². The Bertz CT molecular complexity index is 1330. The number of likely N-dealkylation sites (N-methyl/N-ethyl adjacent to an activating group) is 1. The number of carbonyl (C=O) groups excluding carboxylic acids is 2. The molecule has 1 aliphatic heterocycles. The predicted octanol–water partition coefficient (Wildman–Crippen LogP) is 4.49. The summed E-state index contributed by atoms with van der Waals surface area (Å²) in [6, 6.07) is 26.3. The van der Waals surface area contributed by atoms with Crippen LogP contribution < -0.4 is 5.32 Å². The summed E-state index contributed by atoms with van der Waals surface area (Å²) in [6.45, 7) is 2.08. The molecular weight excluding hydrogens is 506 g/mol. The van der Waals surface area contributed by atoms with E-state index in [0.29, 0.717) is 32.5 Å². The molecule has 3 aromatic rings. The van der Waals surface area contributed by atoms with Gasteiger partial charge in [-0.1, -0.05) is 78.9 Å². The number of amides is 2. The van der Waals surface area contributed by atoms with E-state index in [2.05, 4.69) is 34.5 Å². The number of likely N-dealkylation sites (tertiary alicyclic amines) is 1. The van der Waals surface area contributed by atoms with E-state index in [9.17, 15) is 14.4 Å². The molecule has 5 rings (SSSR count). The lowest BCUT2D eigenvalue weighted by Gasteiger charge is -2.33. The fraction of sp³-hybridized carbons (Fsp3) is 0.344. The van der Waals surface area contributed by atoms with Crippen LogP contribution in [0.15, 0.2) is 78.9 Å². The van der Waals surface area contributed by atoms with Crippen molar-refractivity contribution in [3.63, 3.8) is 0 Å². The monoisotopic (exact) mass is 541 g/mol. The first kappa shape index (κ1) is 27.4. The number of carbonyl (C=O) groups is 3. The third-order valence-electron chi connectivity index (χ3n) is 7.92. The lowest BCUT2D eigenvalue weighted by Crippen LogP contribution is -2.60. The Labute approximate surface area is 234 Å². The Kier molecular flexibility index (Phi) is 8.16. The summed E-state index contributed by atoms with van der Waals surface area (Å²) < 4.78 is 5.81. The second-order valence-electron chi connectivity index (χ2n) is 10.7. The lowest BCUT2D eigenvalue weighted by atomic mass is 9.96. The number of aliphatic carboxylic acids is 1. The standard InChI is InChI=1S/C32H35N3O5/c1-34(18-9-16-29(36)37)30(38)32(17-19-35(22-32)20-23-10-3-2-4-11-23)33-31(39)40-21-28-26-14-7-5-12-24(26)25-13-6-8-15-27(25)28/h2-8,10-15,28H,9,16-22H2,1H3,(H,33,39)(H,36,37). The first-order valence-corrected chi connectivity index (χ1v) is 13.7. The maximum Gasteiger partial charge on any atom is 0.408 e. The quantitative estimate of drug-likeness (QED) is 0.392. The average Bonchev–Trinajstić information content (AvgIpc) is 3.51. The Balaban J connectivity index is 1.29. The molecule has 8 heteroatoms. The van der Waals surface area contributed by atoms with Gasteiger partial charge in [0, 0.05) is 45.6 Å². The number of hydrogen-bond acceptors (Lipinski definition) is 5. The molecule has 1 atom stereocenters. The maximum atomic E-state index is 13.7. The Morgan fingerprint density at radius 3 is 2.25 bits per heavy atom. The predicted molar refractivity (Wildman–Crippen MR) is 152 cm³/mol. The van der Waals surface area contributed by atoms with Gasteiger partial charge in [0.05, 0.1) is 0 Å². The van der Waals surface area contributed by atoms with Crippen LogP contribution in [0.5, 0.6) is 0 Å². The number of fused-ring (bicyclic) bond motifs is 3. The van der Waals surface area contributed by atoms with Crippen molar-refractivity contribution in [2.24, 2.45) is 0 Å². The van der Waals surface area contributed by atoms with Crippen LogP contribution in [-0.2, 0) is 20.9 Å². The summed E-state index contributed by atoms with van der Waals surface area (Å²) in [6.07, 6.45) is 0.124. The fourth-order valence-corrected chi connectivity index (χ4v) is 5.96. The van der Waals surface area contributed by atoms with E-state index in [1.165, 1.54) is 4.90 Å². The largest absolute Gasteiger partial charge is 0.481 e. The van der Waals surface area contributed by atoms with Crippen LogP contribution >= 0.6 is 0 Å². The highest BCUT2D eigenvalue weighted by Gasteiger charge is 2.47. The first-order chi connectivity index (χ1) is 19.4. The smallest absolute Gasteiger partial charge is 0.408 e. The molecule has 0 spiro atoms. The van der Waals surface area contributed by atoms with Crippen LogP contribution in [0, 0.1) is 0 Å². The highest BCUT2D eigenvalue weighted by Crippen LogP contribution is 2.44. The van der Waals surface area contributed by atoms with E-state index in [1.54, 1.807) is 7.05 Å². The molecule has 0 aromatic heterocycles. The van der Waals surface area contributed by atoms with Crippen molar-refractivity contribution in [3.05, 3.63) is 95.6 Å². The molecule has 2 N–H and O–H groups in total. The molecule has 1 aliphatic carbocycles. The van der Waals surface area contributed by atoms with Gasteiger partial charge in [0.1, 0.15) is 12.1 Å². The number of hydrogen-bond donors (Lipinski definition) is 2. The number of rotatable bonds is 10. The second-order valence-corrected chi connectivity index (χ2v) is 10.7. The lowest BCUT2D eigenvalue weighted by molar-refractivity contribution is -0.139. The molecular formula is C32H35N3O5. The van der Waals surface area contributed by atoms with Crippen molar-refractivity contribution in [2.75, 3.05) is 33.3 Å². The number of alkyl carbamates (subject to hydrolysis) is 1. The van der Waals surface area contributed by atoms with Gasteiger partial charge in [0.25, 0.3) is 0 Å². The number of ether oxygens (including phenoxy) is 1. The number of benzene rings is 3. The van der Waals surface area contributed by atoms with Crippen LogP contribution in [0.2, 0.25) is 0 Å². The third kappa shape index (κ3) is 5.87. The van der Waals surface area contributed by atoms with Gasteiger partial charge in [0.15, 0.2) is 0 Å². The molecule has 0 bridgehead atoms. The molecule has 1 fully saturated rings. The second kappa shape index (κ2) is 11.9. The van der Waals surface area contributed by atoms with Gasteiger partial charge in [-0.3, -0.25) is 14.5 Å². The van der Waals surface area contributed by atoms with E-state index in [4.69, 9.17) is 9.84 Å². The molecule has 1 heterocycles. The summed E-state index contributed by atoms with van der Waals surface area (Å²) in [4.78, 5) is 41.7. The van der Waals surface area contributed by atoms with E-state index in [0.717, 1.165) is 27.8 Å². The van der Waals surface area contributed by atoms with Gasteiger partial charge in [-0.05, 0) is 40.7 Å². The van der Waals surface area contributed by atoms with E-state index in [-0.39, 0.29) is 31.4 Å². The van der Waals surface area contributed by atoms with Gasteiger partial charge in [-0.15, -0.1) is 0 Å². The van der Waals surface area contributed by atoms with Crippen molar-refractivity contribution in [1.29, 1.82) is 0 Å². The molecule has 40 heavy (non-hydrogen) atoms. The van der Waals surface area contributed by atoms with Gasteiger partial charge >= 0.3 is 12.1 Å². The summed E-state index contributed by atoms with van der Waals surface area (Å²) in [5.41, 5.74) is 4.51. The Morgan fingerprint density at radius 2 is 1.60 bits per heavy atom. The number of nitrogens with zero attached hydrogens (tertiary/aromatic N) is 2. The van der Waals surface area contributed by atoms with Crippen molar-refractivity contribution < 1.29 is 24.2 Å². The Morgan fingerprint density at radius 1 is 0.975 bits per heavy atom. The van der Waals surface area contributed by atoms with E-state index >= 15 is 0 Å². The summed E-state index contributed by atoms with van der Waals surface area (Å²) in [7, 11) is 1.66. The minimum Gasteiger partial charge on any atom is -0.481 e. The molecule has 0 saturated carbocycles. The fourth-order valence-electron chi connectivity index (χ4n) is 5.96. The minimum atomic E-state index is -1.16. The third-order valence-corrected chi connectivity index (χ3v) is 7.92. The van der Waals surface area contributed by atoms with Crippen LogP contribution in [0.4, 0.5) is 4.79 Å². The minimum absolute atomic E-state index is 0.0233. The molecule has 3 aromatic carbocycles. The zero-order valence-corrected chi connectivity index (χ0v) is 22.7. The van der Waals surface area contributed by atoms with Crippen molar-refractivity contribution in [3.8, 4) is 11.1 Å². The SMILES string of the molecule is CN(CCCC(=O)O)C(=O)C1(NC(=O)OCC2c3ccccc3-c3ccccc32)CCN(Cc2ccccc2)C1. The molecule has 2 amide bonds. The van der Waals surface area contributed by atoms with Crippen LogP contribution in [0.3, 0.4) is 0 Å². The van der Waals surface area contributed by atoms with Crippen LogP contribution in [0.25, 0.3) is 11.1 Å². The van der Waals surface area contributed by atoms with E-state index in [1.807, 2.05) is 54.6 Å². The van der Waals surface area contributed by atoms with Gasteiger partial charge in [-0.25, -0.2) is 4.79 Å². The van der Waals surface area contributed by atoms with E-state index < -0.39 is 17.6 Å². The Hall–Kier alpha value is -4.17. The van der Waals surface area contributed by atoms with Gasteiger partial charge < -0.3 is 20.1 Å². The van der Waals surface area contributed by atoms with Crippen molar-refractivity contribution in [1.82, 2.24) is 15.1 Å². The molecule has 2 aliphatic rings. The number of nitrogens with one attached hydrogen (secondary N) is 1. The molecule has 8 nitrogen and oxygen atoms in total. The van der Waals surface area contributed by atoms with Gasteiger partial charge in [0.2, 0.25) is 5.91 Å². The van der Waals surface area contributed by atoms with Crippen LogP contribution in [0.1, 0.15) is 41.9 Å². The zero-order valence-electron chi connectivity index (χ0n) is 22.7.